The summed E-state index contributed by atoms with van der Waals surface area (Å²) in [6, 6.07) is 9.09. The Kier molecular flexibility index (Phi) is 6.41. The number of carbonyl (C=O) groups is 2. The van der Waals surface area contributed by atoms with Crippen LogP contribution in [0.1, 0.15) is 45.1 Å². The van der Waals surface area contributed by atoms with E-state index in [1.165, 1.54) is 6.20 Å². The quantitative estimate of drug-likeness (QED) is 0.454. The lowest BCUT2D eigenvalue weighted by molar-refractivity contribution is 0.0922. The Morgan fingerprint density at radius 1 is 1.28 bits per heavy atom. The highest BCUT2D eigenvalue weighted by Crippen LogP contribution is 2.20. The first-order valence-corrected chi connectivity index (χ1v) is 10.4. The number of hydrogen-bond acceptors (Lipinski definition) is 8. The first-order chi connectivity index (χ1) is 15.5. The van der Waals surface area contributed by atoms with Gasteiger partial charge in [-0.25, -0.2) is 9.97 Å². The van der Waals surface area contributed by atoms with Crippen LogP contribution in [0.15, 0.2) is 41.1 Å². The zero-order valence-electron chi connectivity index (χ0n) is 17.7. The number of nitrogens with zero attached hydrogens (tertiary/aromatic N) is 3. The van der Waals surface area contributed by atoms with Crippen LogP contribution >= 0.6 is 0 Å². The number of nitrogens with one attached hydrogen (secondary N) is 3. The van der Waals surface area contributed by atoms with E-state index in [9.17, 15) is 9.59 Å². The van der Waals surface area contributed by atoms with E-state index < -0.39 is 0 Å². The molecule has 0 saturated carbocycles. The van der Waals surface area contributed by atoms with Gasteiger partial charge in [0.2, 0.25) is 0 Å². The smallest absolute Gasteiger partial charge is 0.274 e. The van der Waals surface area contributed by atoms with Crippen molar-refractivity contribution in [1.29, 1.82) is 0 Å². The minimum atomic E-state index is -0.336. The molecule has 0 bridgehead atoms. The number of rotatable bonds is 6. The highest BCUT2D eigenvalue weighted by molar-refractivity contribution is 5.97. The Morgan fingerprint density at radius 3 is 2.91 bits per heavy atom. The molecule has 10 nitrogen and oxygen atoms in total. The van der Waals surface area contributed by atoms with Gasteiger partial charge in [0.25, 0.3) is 11.8 Å². The third-order valence-electron chi connectivity index (χ3n) is 5.18. The molecule has 0 aliphatic carbocycles. The monoisotopic (exact) mass is 435 g/mol. The first kappa shape index (κ1) is 21.4. The predicted octanol–water partition coefficient (Wildman–Crippen LogP) is 1.43. The van der Waals surface area contributed by atoms with Gasteiger partial charge in [0, 0.05) is 30.8 Å². The summed E-state index contributed by atoms with van der Waals surface area (Å²) < 4.78 is 4.93. The standard InChI is InChI=1S/C22H25N7O3/c1-13-8-17(29-32-13)21(30)26-10-14-4-2-5-15(9-14)18-12-25-20(23)19(28-18)22(31)27-16-6-3-7-24-11-16/h2,4-5,8-9,12,16,24H,3,6-7,10-11H2,1H3,(H2,23,25)(H,26,30)(H,27,31). The number of aryl methyl sites for hydroxylation is 1. The summed E-state index contributed by atoms with van der Waals surface area (Å²) in [4.78, 5) is 33.5. The lowest BCUT2D eigenvalue weighted by Crippen LogP contribution is -2.46. The van der Waals surface area contributed by atoms with Crippen molar-refractivity contribution in [3.63, 3.8) is 0 Å². The molecule has 1 atom stereocenters. The van der Waals surface area contributed by atoms with Crippen molar-refractivity contribution in [2.75, 3.05) is 18.8 Å². The van der Waals surface area contributed by atoms with Gasteiger partial charge >= 0.3 is 0 Å². The van der Waals surface area contributed by atoms with Crippen molar-refractivity contribution in [2.45, 2.75) is 32.4 Å². The molecule has 3 heterocycles. The number of benzene rings is 1. The fourth-order valence-corrected chi connectivity index (χ4v) is 3.52. The van der Waals surface area contributed by atoms with Crippen LogP contribution in [-0.4, -0.2) is 46.1 Å². The van der Waals surface area contributed by atoms with Crippen molar-refractivity contribution in [2.24, 2.45) is 0 Å². The normalized spacial score (nSPS) is 15.8. The summed E-state index contributed by atoms with van der Waals surface area (Å²) in [5.41, 5.74) is 8.40. The molecule has 2 aromatic heterocycles. The summed E-state index contributed by atoms with van der Waals surface area (Å²) in [5.74, 6) is -0.00688. The lowest BCUT2D eigenvalue weighted by Gasteiger charge is -2.23. The van der Waals surface area contributed by atoms with Crippen LogP contribution in [-0.2, 0) is 6.54 Å². The molecule has 0 radical (unpaired) electrons. The number of nitrogen functional groups attached to an aromatic ring is 1. The summed E-state index contributed by atoms with van der Waals surface area (Å²) in [6.45, 7) is 3.70. The Labute approximate surface area is 185 Å². The zero-order chi connectivity index (χ0) is 22.5. The van der Waals surface area contributed by atoms with E-state index >= 15 is 0 Å². The molecule has 4 rings (SSSR count). The van der Waals surface area contributed by atoms with E-state index in [0.717, 1.165) is 37.1 Å². The number of carbonyl (C=O) groups excluding carboxylic acids is 2. The van der Waals surface area contributed by atoms with Crippen LogP contribution in [0.3, 0.4) is 0 Å². The fraction of sp³-hybridized carbons (Fsp3) is 0.318. The summed E-state index contributed by atoms with van der Waals surface area (Å²) >= 11 is 0. The Balaban J connectivity index is 1.46. The van der Waals surface area contributed by atoms with Gasteiger partial charge in [0.05, 0.1) is 11.9 Å². The number of anilines is 1. The lowest BCUT2D eigenvalue weighted by atomic mass is 10.1. The van der Waals surface area contributed by atoms with Gasteiger partial charge in [-0.3, -0.25) is 9.59 Å². The van der Waals surface area contributed by atoms with Crippen LogP contribution in [0, 0.1) is 6.92 Å². The van der Waals surface area contributed by atoms with Gasteiger partial charge in [-0.15, -0.1) is 0 Å². The van der Waals surface area contributed by atoms with Crippen molar-refractivity contribution in [1.82, 2.24) is 31.1 Å². The molecule has 1 aliphatic heterocycles. The highest BCUT2D eigenvalue weighted by Gasteiger charge is 2.20. The third kappa shape index (κ3) is 5.09. The average molecular weight is 435 g/mol. The van der Waals surface area contributed by atoms with E-state index in [1.54, 1.807) is 13.0 Å². The van der Waals surface area contributed by atoms with E-state index in [0.29, 0.717) is 18.0 Å². The number of hydrogen-bond donors (Lipinski definition) is 4. The topological polar surface area (TPSA) is 148 Å². The largest absolute Gasteiger partial charge is 0.382 e. The van der Waals surface area contributed by atoms with Crippen LogP contribution < -0.4 is 21.7 Å². The van der Waals surface area contributed by atoms with E-state index in [4.69, 9.17) is 10.3 Å². The number of piperidine rings is 1. The maximum atomic E-state index is 12.7. The van der Waals surface area contributed by atoms with Gasteiger partial charge in [-0.2, -0.15) is 0 Å². The molecular formula is C22H25N7O3. The van der Waals surface area contributed by atoms with Crippen LogP contribution in [0.25, 0.3) is 11.3 Å². The Hall–Kier alpha value is -3.79. The molecule has 1 aromatic carbocycles. The second-order valence-electron chi connectivity index (χ2n) is 7.71. The fourth-order valence-electron chi connectivity index (χ4n) is 3.52. The van der Waals surface area contributed by atoms with Crippen LogP contribution in [0.5, 0.6) is 0 Å². The van der Waals surface area contributed by atoms with Crippen molar-refractivity contribution >= 4 is 17.6 Å². The van der Waals surface area contributed by atoms with Gasteiger partial charge in [-0.1, -0.05) is 23.4 Å². The van der Waals surface area contributed by atoms with Gasteiger partial charge in [-0.05, 0) is 37.9 Å². The molecule has 3 aromatic rings. The Morgan fingerprint density at radius 2 is 2.16 bits per heavy atom. The van der Waals surface area contributed by atoms with Crippen molar-refractivity contribution < 1.29 is 14.1 Å². The molecule has 10 heteroatoms. The summed E-state index contributed by atoms with van der Waals surface area (Å²) in [7, 11) is 0. The molecule has 5 N–H and O–H groups in total. The van der Waals surface area contributed by atoms with Gasteiger partial charge in [0.1, 0.15) is 5.76 Å². The van der Waals surface area contributed by atoms with Crippen LogP contribution in [0.2, 0.25) is 0 Å². The number of aromatic nitrogens is 3. The van der Waals surface area contributed by atoms with Crippen molar-refractivity contribution in [3.8, 4) is 11.3 Å². The first-order valence-electron chi connectivity index (χ1n) is 10.4. The number of nitrogens with two attached hydrogens (primary N) is 1. The summed E-state index contributed by atoms with van der Waals surface area (Å²) in [6.07, 6.45) is 3.45. The van der Waals surface area contributed by atoms with E-state index in [1.807, 2.05) is 24.3 Å². The van der Waals surface area contributed by atoms with Crippen LogP contribution in [0.4, 0.5) is 5.82 Å². The van der Waals surface area contributed by atoms with Gasteiger partial charge in [0.15, 0.2) is 17.2 Å². The summed E-state index contributed by atoms with van der Waals surface area (Å²) in [5, 5.41) is 12.7. The van der Waals surface area contributed by atoms with E-state index in [2.05, 4.69) is 31.1 Å². The second-order valence-corrected chi connectivity index (χ2v) is 7.71. The highest BCUT2D eigenvalue weighted by atomic mass is 16.5. The van der Waals surface area contributed by atoms with Gasteiger partial charge < -0.3 is 26.2 Å². The molecular weight excluding hydrogens is 410 g/mol. The molecule has 1 fully saturated rings. The molecule has 1 aliphatic rings. The molecule has 1 unspecified atom stereocenters. The Bertz CT molecular complexity index is 1120. The maximum Gasteiger partial charge on any atom is 0.274 e. The zero-order valence-corrected chi connectivity index (χ0v) is 17.7. The second kappa shape index (κ2) is 9.56. The molecule has 32 heavy (non-hydrogen) atoms. The maximum absolute atomic E-state index is 12.7. The molecule has 166 valence electrons. The van der Waals surface area contributed by atoms with Crippen molar-refractivity contribution in [3.05, 3.63) is 59.2 Å². The van der Waals surface area contributed by atoms with E-state index in [-0.39, 0.29) is 35.1 Å². The molecule has 0 spiro atoms. The third-order valence-corrected chi connectivity index (χ3v) is 5.18. The average Bonchev–Trinajstić information content (AvgIpc) is 3.25. The predicted molar refractivity (Wildman–Crippen MR) is 118 cm³/mol. The SMILES string of the molecule is Cc1cc(C(=O)NCc2cccc(-c3cnc(N)c(C(=O)NC4CCCNC4)n3)c2)no1. The minimum Gasteiger partial charge on any atom is -0.382 e. The molecule has 1 saturated heterocycles. The number of amides is 2. The molecule has 2 amide bonds. The minimum absolute atomic E-state index is 0.0431.